The Morgan fingerprint density at radius 3 is 2.71 bits per heavy atom. The van der Waals surface area contributed by atoms with E-state index in [4.69, 9.17) is 0 Å². The summed E-state index contributed by atoms with van der Waals surface area (Å²) in [7, 11) is 0. The first-order chi connectivity index (χ1) is 10.1. The predicted octanol–water partition coefficient (Wildman–Crippen LogP) is 1.28. The second-order valence-corrected chi connectivity index (χ2v) is 5.40. The van der Waals surface area contributed by atoms with Gasteiger partial charge in [-0.25, -0.2) is 0 Å². The molecule has 2 aliphatic heterocycles. The van der Waals surface area contributed by atoms with Crippen LogP contribution in [0.2, 0.25) is 0 Å². The lowest BCUT2D eigenvalue weighted by Gasteiger charge is -2.39. The first kappa shape index (κ1) is 13.8. The standard InChI is InChI=1S/C14H18N4O3/c1-2-17(10-7-15-8-10)12-5-9-3-4-14(19)16-11(9)6-13(12)18(20)21/h5-6,10,15H,2-4,7-8H2,1H3,(H,16,19). The van der Waals surface area contributed by atoms with E-state index in [0.717, 1.165) is 25.2 Å². The fraction of sp³-hybridized carbons (Fsp3) is 0.500. The summed E-state index contributed by atoms with van der Waals surface area (Å²) in [4.78, 5) is 24.5. The maximum absolute atomic E-state index is 11.4. The molecule has 0 aromatic heterocycles. The zero-order chi connectivity index (χ0) is 15.0. The van der Waals surface area contributed by atoms with Crippen molar-refractivity contribution in [2.45, 2.75) is 25.8 Å². The highest BCUT2D eigenvalue weighted by Gasteiger charge is 2.30. The number of carbonyl (C=O) groups excluding carboxylic acids is 1. The predicted molar refractivity (Wildman–Crippen MR) is 79.7 cm³/mol. The number of nitro benzene ring substituents is 1. The number of nitro groups is 1. The zero-order valence-corrected chi connectivity index (χ0v) is 11.9. The summed E-state index contributed by atoms with van der Waals surface area (Å²) in [6.45, 7) is 4.42. The van der Waals surface area contributed by atoms with Crippen LogP contribution in [0.25, 0.3) is 0 Å². The van der Waals surface area contributed by atoms with Crippen LogP contribution in [-0.2, 0) is 11.2 Å². The van der Waals surface area contributed by atoms with Gasteiger partial charge in [0, 0.05) is 32.1 Å². The van der Waals surface area contributed by atoms with Gasteiger partial charge in [-0.05, 0) is 25.0 Å². The number of anilines is 2. The topological polar surface area (TPSA) is 87.5 Å². The van der Waals surface area contributed by atoms with E-state index >= 15 is 0 Å². The third-order valence-electron chi connectivity index (χ3n) is 4.14. The molecule has 1 fully saturated rings. The zero-order valence-electron chi connectivity index (χ0n) is 11.9. The molecule has 2 N–H and O–H groups in total. The molecule has 3 rings (SSSR count). The molecule has 0 bridgehead atoms. The quantitative estimate of drug-likeness (QED) is 0.644. The number of nitrogens with zero attached hydrogens (tertiary/aromatic N) is 2. The van der Waals surface area contributed by atoms with Gasteiger partial charge in [0.05, 0.1) is 16.7 Å². The lowest BCUT2D eigenvalue weighted by Crippen LogP contribution is -2.57. The number of aryl methyl sites for hydroxylation is 1. The van der Waals surface area contributed by atoms with Gasteiger partial charge in [0.2, 0.25) is 5.91 Å². The van der Waals surface area contributed by atoms with Crippen molar-refractivity contribution in [3.63, 3.8) is 0 Å². The number of rotatable bonds is 4. The van der Waals surface area contributed by atoms with Gasteiger partial charge in [0.15, 0.2) is 0 Å². The van der Waals surface area contributed by atoms with Gasteiger partial charge in [-0.3, -0.25) is 14.9 Å². The maximum Gasteiger partial charge on any atom is 0.294 e. The van der Waals surface area contributed by atoms with Gasteiger partial charge in [-0.1, -0.05) is 0 Å². The van der Waals surface area contributed by atoms with E-state index < -0.39 is 0 Å². The molecule has 0 aliphatic carbocycles. The molecule has 0 atom stereocenters. The van der Waals surface area contributed by atoms with E-state index in [1.165, 1.54) is 6.07 Å². The Bertz CT molecular complexity index is 598. The minimum absolute atomic E-state index is 0.0599. The van der Waals surface area contributed by atoms with E-state index in [2.05, 4.69) is 15.5 Å². The Morgan fingerprint density at radius 1 is 1.38 bits per heavy atom. The van der Waals surface area contributed by atoms with Crippen LogP contribution >= 0.6 is 0 Å². The van der Waals surface area contributed by atoms with Crippen molar-refractivity contribution in [3.05, 3.63) is 27.8 Å². The molecular weight excluding hydrogens is 272 g/mol. The number of nitrogens with one attached hydrogen (secondary N) is 2. The Kier molecular flexibility index (Phi) is 3.50. The van der Waals surface area contributed by atoms with Crippen LogP contribution < -0.4 is 15.5 Å². The van der Waals surface area contributed by atoms with Crippen LogP contribution in [0.4, 0.5) is 17.1 Å². The van der Waals surface area contributed by atoms with Crippen molar-refractivity contribution < 1.29 is 9.72 Å². The van der Waals surface area contributed by atoms with E-state index in [1.807, 2.05) is 13.0 Å². The molecule has 0 unspecified atom stereocenters. The summed E-state index contributed by atoms with van der Waals surface area (Å²) in [5, 5.41) is 17.3. The van der Waals surface area contributed by atoms with Crippen molar-refractivity contribution in [2.24, 2.45) is 0 Å². The summed E-state index contributed by atoms with van der Waals surface area (Å²) in [5.74, 6) is -0.0833. The molecule has 1 aromatic carbocycles. The van der Waals surface area contributed by atoms with Crippen molar-refractivity contribution in [1.82, 2.24) is 5.32 Å². The normalized spacial score (nSPS) is 17.7. The van der Waals surface area contributed by atoms with E-state index in [9.17, 15) is 14.9 Å². The third-order valence-corrected chi connectivity index (χ3v) is 4.14. The molecule has 1 saturated heterocycles. The van der Waals surface area contributed by atoms with Crippen LogP contribution in [0.15, 0.2) is 12.1 Å². The van der Waals surface area contributed by atoms with Crippen molar-refractivity contribution in [2.75, 3.05) is 29.9 Å². The highest BCUT2D eigenvalue weighted by Crippen LogP contribution is 2.37. The van der Waals surface area contributed by atoms with Gasteiger partial charge in [0.1, 0.15) is 5.69 Å². The molecule has 1 amide bonds. The van der Waals surface area contributed by atoms with Crippen molar-refractivity contribution in [1.29, 1.82) is 0 Å². The largest absolute Gasteiger partial charge is 0.361 e. The summed E-state index contributed by atoms with van der Waals surface area (Å²) in [6, 6.07) is 3.66. The van der Waals surface area contributed by atoms with Gasteiger partial charge in [-0.15, -0.1) is 0 Å². The molecule has 0 spiro atoms. The lowest BCUT2D eigenvalue weighted by molar-refractivity contribution is -0.384. The van der Waals surface area contributed by atoms with Crippen molar-refractivity contribution in [3.8, 4) is 0 Å². The van der Waals surface area contributed by atoms with E-state index in [-0.39, 0.29) is 16.5 Å². The number of likely N-dealkylation sites (N-methyl/N-ethyl adjacent to an activating group) is 1. The first-order valence-electron chi connectivity index (χ1n) is 7.18. The first-order valence-corrected chi connectivity index (χ1v) is 7.18. The van der Waals surface area contributed by atoms with Crippen LogP contribution in [0, 0.1) is 10.1 Å². The lowest BCUT2D eigenvalue weighted by atomic mass is 9.99. The molecule has 0 saturated carbocycles. The summed E-state index contributed by atoms with van der Waals surface area (Å²) < 4.78 is 0. The van der Waals surface area contributed by atoms with Crippen LogP contribution in [0.1, 0.15) is 18.9 Å². The fourth-order valence-corrected chi connectivity index (χ4v) is 2.90. The highest BCUT2D eigenvalue weighted by atomic mass is 16.6. The van der Waals surface area contributed by atoms with E-state index in [0.29, 0.717) is 30.3 Å². The fourth-order valence-electron chi connectivity index (χ4n) is 2.90. The van der Waals surface area contributed by atoms with Gasteiger partial charge < -0.3 is 15.5 Å². The Labute approximate surface area is 122 Å². The van der Waals surface area contributed by atoms with Gasteiger partial charge in [0.25, 0.3) is 5.69 Å². The second kappa shape index (κ2) is 5.33. The van der Waals surface area contributed by atoms with E-state index in [1.54, 1.807) is 0 Å². The number of hydrogen-bond acceptors (Lipinski definition) is 5. The SMILES string of the molecule is CCN(c1cc2c(cc1[N+](=O)[O-])NC(=O)CC2)C1CNC1. The smallest absolute Gasteiger partial charge is 0.294 e. The van der Waals surface area contributed by atoms with Gasteiger partial charge >= 0.3 is 0 Å². The third kappa shape index (κ3) is 2.44. The van der Waals surface area contributed by atoms with Crippen LogP contribution in [0.3, 0.4) is 0 Å². The molecule has 0 radical (unpaired) electrons. The summed E-state index contributed by atoms with van der Waals surface area (Å²) >= 11 is 0. The molecule has 112 valence electrons. The Balaban J connectivity index is 2.05. The minimum atomic E-state index is -0.370. The molecule has 7 heteroatoms. The molecule has 2 aliphatic rings. The Morgan fingerprint density at radius 2 is 2.14 bits per heavy atom. The van der Waals surface area contributed by atoms with Crippen molar-refractivity contribution >= 4 is 23.0 Å². The number of carbonyl (C=O) groups is 1. The average molecular weight is 290 g/mol. The monoisotopic (exact) mass is 290 g/mol. The average Bonchev–Trinajstić information content (AvgIpc) is 2.41. The highest BCUT2D eigenvalue weighted by molar-refractivity contribution is 5.95. The second-order valence-electron chi connectivity index (χ2n) is 5.40. The number of benzene rings is 1. The van der Waals surface area contributed by atoms with Crippen LogP contribution in [-0.4, -0.2) is 36.5 Å². The molecule has 2 heterocycles. The number of amides is 1. The molecular formula is C14H18N4O3. The number of fused-ring (bicyclic) bond motifs is 1. The Hall–Kier alpha value is -2.15. The molecule has 21 heavy (non-hydrogen) atoms. The van der Waals surface area contributed by atoms with Crippen LogP contribution in [0.5, 0.6) is 0 Å². The maximum atomic E-state index is 11.4. The summed E-state index contributed by atoms with van der Waals surface area (Å²) in [6.07, 6.45) is 1.06. The number of hydrogen-bond donors (Lipinski definition) is 2. The summed E-state index contributed by atoms with van der Waals surface area (Å²) in [5.41, 5.74) is 2.26. The molecule has 7 nitrogen and oxygen atoms in total. The minimum Gasteiger partial charge on any atom is -0.361 e. The molecule has 1 aromatic rings. The van der Waals surface area contributed by atoms with Gasteiger partial charge in [-0.2, -0.15) is 0 Å².